The van der Waals surface area contributed by atoms with Crippen LogP contribution in [0.4, 0.5) is 0 Å². The van der Waals surface area contributed by atoms with Crippen molar-refractivity contribution < 1.29 is 4.79 Å². The lowest BCUT2D eigenvalue weighted by atomic mass is 10.1. The van der Waals surface area contributed by atoms with Crippen LogP contribution in [0.5, 0.6) is 0 Å². The molecule has 3 N–H and O–H groups in total. The van der Waals surface area contributed by atoms with Crippen LogP contribution in [0.25, 0.3) is 22.4 Å². The summed E-state index contributed by atoms with van der Waals surface area (Å²) in [6.45, 7) is 6.39. The SMILES string of the molecule is CCC(=O)NCCc1nc(-c2ccccc2)nc2c1c(C)c(C)n2N. The normalized spacial score (nSPS) is 11.0. The van der Waals surface area contributed by atoms with E-state index in [1.165, 1.54) is 0 Å². The van der Waals surface area contributed by atoms with Gasteiger partial charge in [0.1, 0.15) is 0 Å². The number of benzene rings is 1. The maximum atomic E-state index is 11.5. The van der Waals surface area contributed by atoms with E-state index in [9.17, 15) is 4.79 Å². The summed E-state index contributed by atoms with van der Waals surface area (Å²) in [5.41, 5.74) is 4.62. The Balaban J connectivity index is 2.08. The van der Waals surface area contributed by atoms with Gasteiger partial charge >= 0.3 is 0 Å². The largest absolute Gasteiger partial charge is 0.356 e. The van der Waals surface area contributed by atoms with E-state index in [4.69, 9.17) is 10.8 Å². The van der Waals surface area contributed by atoms with E-state index < -0.39 is 0 Å². The molecule has 0 unspecified atom stereocenters. The van der Waals surface area contributed by atoms with Crippen molar-refractivity contribution in [3.05, 3.63) is 47.3 Å². The van der Waals surface area contributed by atoms with E-state index in [0.717, 1.165) is 33.5 Å². The first-order valence-corrected chi connectivity index (χ1v) is 8.48. The molecular weight excluding hydrogens is 314 g/mol. The zero-order valence-corrected chi connectivity index (χ0v) is 14.8. The molecule has 0 aliphatic rings. The minimum Gasteiger partial charge on any atom is -0.356 e. The molecule has 1 amide bonds. The van der Waals surface area contributed by atoms with Crippen LogP contribution in [-0.2, 0) is 11.2 Å². The average Bonchev–Trinajstić information content (AvgIpc) is 2.86. The van der Waals surface area contributed by atoms with Gasteiger partial charge in [-0.3, -0.25) is 4.79 Å². The molecule has 25 heavy (non-hydrogen) atoms. The second-order valence-corrected chi connectivity index (χ2v) is 6.09. The summed E-state index contributed by atoms with van der Waals surface area (Å²) >= 11 is 0. The number of aryl methyl sites for hydroxylation is 1. The lowest BCUT2D eigenvalue weighted by Gasteiger charge is -2.09. The predicted molar refractivity (Wildman–Crippen MR) is 99.6 cm³/mol. The monoisotopic (exact) mass is 337 g/mol. The van der Waals surface area contributed by atoms with Gasteiger partial charge in [0.25, 0.3) is 0 Å². The number of fused-ring (bicyclic) bond motifs is 1. The molecule has 0 saturated carbocycles. The minimum absolute atomic E-state index is 0.0397. The third-order valence-corrected chi connectivity index (χ3v) is 4.51. The van der Waals surface area contributed by atoms with Crippen molar-refractivity contribution in [1.29, 1.82) is 0 Å². The summed E-state index contributed by atoms with van der Waals surface area (Å²) in [7, 11) is 0. The fourth-order valence-corrected chi connectivity index (χ4v) is 2.92. The number of nitrogens with two attached hydrogens (primary N) is 1. The summed E-state index contributed by atoms with van der Waals surface area (Å²) in [6, 6.07) is 9.84. The molecule has 0 radical (unpaired) electrons. The molecule has 3 rings (SSSR count). The predicted octanol–water partition coefficient (Wildman–Crippen LogP) is 2.50. The summed E-state index contributed by atoms with van der Waals surface area (Å²) < 4.78 is 1.62. The van der Waals surface area contributed by atoms with E-state index in [1.54, 1.807) is 4.68 Å². The van der Waals surface area contributed by atoms with Crippen molar-refractivity contribution >= 4 is 16.9 Å². The highest BCUT2D eigenvalue weighted by Crippen LogP contribution is 2.27. The summed E-state index contributed by atoms with van der Waals surface area (Å²) in [6.07, 6.45) is 1.11. The number of rotatable bonds is 5. The lowest BCUT2D eigenvalue weighted by molar-refractivity contribution is -0.120. The van der Waals surface area contributed by atoms with Crippen LogP contribution in [0.2, 0.25) is 0 Å². The van der Waals surface area contributed by atoms with Gasteiger partial charge in [-0.1, -0.05) is 37.3 Å². The van der Waals surface area contributed by atoms with Gasteiger partial charge in [-0.05, 0) is 19.4 Å². The molecule has 6 heteroatoms. The Morgan fingerprint density at radius 3 is 2.60 bits per heavy atom. The third kappa shape index (κ3) is 3.20. The molecule has 0 aliphatic carbocycles. The molecular formula is C19H23N5O. The van der Waals surface area contributed by atoms with Crippen LogP contribution >= 0.6 is 0 Å². The number of nitrogen functional groups attached to an aromatic ring is 1. The van der Waals surface area contributed by atoms with Crippen LogP contribution in [-0.4, -0.2) is 27.1 Å². The molecule has 3 aromatic rings. The number of nitrogens with zero attached hydrogens (tertiary/aromatic N) is 3. The Morgan fingerprint density at radius 1 is 1.20 bits per heavy atom. The molecule has 0 spiro atoms. The average molecular weight is 337 g/mol. The number of aromatic nitrogens is 3. The van der Waals surface area contributed by atoms with Gasteiger partial charge in [0.05, 0.1) is 5.69 Å². The highest BCUT2D eigenvalue weighted by Gasteiger charge is 2.17. The standard InChI is InChI=1S/C19H23N5O/c1-4-16(25)21-11-10-15-17-12(2)13(3)24(20)19(17)23-18(22-15)14-8-6-5-7-9-14/h5-9H,4,10-11,20H2,1-3H3,(H,21,25). The number of hydrogen-bond acceptors (Lipinski definition) is 4. The van der Waals surface area contributed by atoms with Crippen LogP contribution < -0.4 is 11.2 Å². The highest BCUT2D eigenvalue weighted by atomic mass is 16.1. The van der Waals surface area contributed by atoms with Gasteiger partial charge in [-0.2, -0.15) is 0 Å². The number of carbonyl (C=O) groups is 1. The fourth-order valence-electron chi connectivity index (χ4n) is 2.92. The van der Waals surface area contributed by atoms with E-state index in [0.29, 0.717) is 25.2 Å². The van der Waals surface area contributed by atoms with Crippen molar-refractivity contribution in [2.45, 2.75) is 33.6 Å². The van der Waals surface area contributed by atoms with Crippen molar-refractivity contribution in [3.63, 3.8) is 0 Å². The van der Waals surface area contributed by atoms with Crippen molar-refractivity contribution in [2.24, 2.45) is 0 Å². The molecule has 0 aliphatic heterocycles. The maximum Gasteiger partial charge on any atom is 0.219 e. The van der Waals surface area contributed by atoms with Gasteiger partial charge in [-0.15, -0.1) is 0 Å². The Bertz CT molecular complexity index is 915. The molecule has 1 aromatic carbocycles. The third-order valence-electron chi connectivity index (χ3n) is 4.51. The van der Waals surface area contributed by atoms with Gasteiger partial charge < -0.3 is 11.2 Å². The molecule has 0 atom stereocenters. The van der Waals surface area contributed by atoms with E-state index in [2.05, 4.69) is 10.3 Å². The number of amides is 1. The van der Waals surface area contributed by atoms with Crippen LogP contribution in [0.15, 0.2) is 30.3 Å². The Kier molecular flexibility index (Phi) is 4.70. The first-order chi connectivity index (χ1) is 12.0. The summed E-state index contributed by atoms with van der Waals surface area (Å²) in [5, 5.41) is 3.89. The van der Waals surface area contributed by atoms with Gasteiger partial charge in [0.2, 0.25) is 5.91 Å². The number of nitrogens with one attached hydrogen (secondary N) is 1. The van der Waals surface area contributed by atoms with E-state index in [-0.39, 0.29) is 5.91 Å². The first-order valence-electron chi connectivity index (χ1n) is 8.48. The maximum absolute atomic E-state index is 11.5. The van der Waals surface area contributed by atoms with Crippen LogP contribution in [0, 0.1) is 13.8 Å². The first kappa shape index (κ1) is 17.0. The summed E-state index contributed by atoms with van der Waals surface area (Å²) in [4.78, 5) is 21.0. The fraction of sp³-hybridized carbons (Fsp3) is 0.316. The smallest absolute Gasteiger partial charge is 0.219 e. The second-order valence-electron chi connectivity index (χ2n) is 6.09. The molecule has 2 aromatic heterocycles. The van der Waals surface area contributed by atoms with Gasteiger partial charge in [-0.25, -0.2) is 14.6 Å². The topological polar surface area (TPSA) is 85.8 Å². The van der Waals surface area contributed by atoms with Gasteiger partial charge in [0.15, 0.2) is 11.5 Å². The highest BCUT2D eigenvalue weighted by molar-refractivity contribution is 5.86. The molecule has 6 nitrogen and oxygen atoms in total. The second kappa shape index (κ2) is 6.93. The number of carbonyl (C=O) groups excluding carboxylic acids is 1. The zero-order chi connectivity index (χ0) is 18.0. The molecule has 130 valence electrons. The van der Waals surface area contributed by atoms with E-state index in [1.807, 2.05) is 51.1 Å². The number of hydrogen-bond donors (Lipinski definition) is 2. The Hall–Kier alpha value is -2.89. The molecule has 0 bridgehead atoms. The summed E-state index contributed by atoms with van der Waals surface area (Å²) in [5.74, 6) is 6.90. The van der Waals surface area contributed by atoms with E-state index >= 15 is 0 Å². The molecule has 2 heterocycles. The van der Waals surface area contributed by atoms with Crippen molar-refractivity contribution in [3.8, 4) is 11.4 Å². The van der Waals surface area contributed by atoms with Crippen molar-refractivity contribution in [1.82, 2.24) is 20.0 Å². The molecule has 0 saturated heterocycles. The minimum atomic E-state index is 0.0397. The Morgan fingerprint density at radius 2 is 1.92 bits per heavy atom. The molecule has 0 fully saturated rings. The zero-order valence-electron chi connectivity index (χ0n) is 14.8. The van der Waals surface area contributed by atoms with Crippen molar-refractivity contribution in [2.75, 3.05) is 12.4 Å². The van der Waals surface area contributed by atoms with Crippen LogP contribution in [0.3, 0.4) is 0 Å². The lowest BCUT2D eigenvalue weighted by Crippen LogP contribution is -2.25. The Labute approximate surface area is 147 Å². The van der Waals surface area contributed by atoms with Gasteiger partial charge in [0, 0.05) is 36.0 Å². The quantitative estimate of drug-likeness (QED) is 0.701. The van der Waals surface area contributed by atoms with Crippen LogP contribution in [0.1, 0.15) is 30.3 Å².